The van der Waals surface area contributed by atoms with Gasteiger partial charge in [0.2, 0.25) is 0 Å². The molecule has 0 fully saturated rings. The normalized spacial score (nSPS) is 15.1. The maximum absolute atomic E-state index is 4.16. The molecule has 0 bridgehead atoms. The van der Waals surface area contributed by atoms with Crippen LogP contribution in [-0.4, -0.2) is 3.21 Å². The minimum atomic E-state index is -4.16. The molecule has 0 saturated heterocycles. The van der Waals surface area contributed by atoms with Crippen molar-refractivity contribution in [2.75, 3.05) is 0 Å². The van der Waals surface area contributed by atoms with E-state index < -0.39 is 18.3 Å². The minimum absolute atomic E-state index is 0.393. The van der Waals surface area contributed by atoms with Crippen LogP contribution in [0.1, 0.15) is 52.1 Å². The monoisotopic (exact) mass is 558 g/mol. The summed E-state index contributed by atoms with van der Waals surface area (Å²) in [7, 11) is 0. The van der Waals surface area contributed by atoms with Crippen molar-refractivity contribution in [2.24, 2.45) is 0 Å². The zero-order valence-electron chi connectivity index (χ0n) is 22.2. The van der Waals surface area contributed by atoms with Gasteiger partial charge in [0.25, 0.3) is 0 Å². The third kappa shape index (κ3) is 3.86. The molecule has 1 heteroatoms. The molecule has 0 aliphatic heterocycles. The summed E-state index contributed by atoms with van der Waals surface area (Å²) in [5, 5.41) is 0. The van der Waals surface area contributed by atoms with Gasteiger partial charge in [-0.1, -0.05) is 0 Å². The second-order valence-corrected chi connectivity index (χ2v) is 28.1. The van der Waals surface area contributed by atoms with Crippen molar-refractivity contribution in [3.63, 3.8) is 0 Å². The van der Waals surface area contributed by atoms with Crippen molar-refractivity contribution < 1.29 is 18.3 Å². The van der Waals surface area contributed by atoms with Gasteiger partial charge in [-0.2, -0.15) is 0 Å². The van der Waals surface area contributed by atoms with E-state index in [-0.39, 0.29) is 0 Å². The second-order valence-electron chi connectivity index (χ2n) is 11.6. The van der Waals surface area contributed by atoms with Crippen LogP contribution in [0.15, 0.2) is 130 Å². The van der Waals surface area contributed by atoms with E-state index in [1.165, 1.54) is 51.8 Å². The number of allylic oxidation sites excluding steroid dienone is 4. The molecule has 0 aromatic heterocycles. The van der Waals surface area contributed by atoms with Gasteiger partial charge in [-0.15, -0.1) is 0 Å². The summed E-state index contributed by atoms with van der Waals surface area (Å²) < 4.78 is 9.20. The maximum atomic E-state index is 2.74. The molecule has 4 aromatic rings. The summed E-state index contributed by atoms with van der Waals surface area (Å²) in [6, 6.07) is 41.0. The average Bonchev–Trinajstić information content (AvgIpc) is 3.54. The number of benzene rings is 4. The topological polar surface area (TPSA) is 0 Å². The van der Waals surface area contributed by atoms with Crippen LogP contribution in [0.25, 0.3) is 11.1 Å². The van der Waals surface area contributed by atoms with Crippen LogP contribution >= 0.6 is 0 Å². The fourth-order valence-electron chi connectivity index (χ4n) is 7.43. The summed E-state index contributed by atoms with van der Waals surface area (Å²) in [4.78, 5) is 0. The van der Waals surface area contributed by atoms with Crippen molar-refractivity contribution in [1.29, 1.82) is 0 Å². The molecule has 184 valence electrons. The fourth-order valence-corrected chi connectivity index (χ4v) is 24.2. The van der Waals surface area contributed by atoms with E-state index in [9.17, 15) is 0 Å². The summed E-state index contributed by atoms with van der Waals surface area (Å²) >= 11 is -4.16. The van der Waals surface area contributed by atoms with Gasteiger partial charge < -0.3 is 0 Å². The molecular formula is C36H36Zr. The molecule has 6 rings (SSSR count). The molecule has 0 spiro atoms. The molecule has 0 amide bonds. The van der Waals surface area contributed by atoms with Gasteiger partial charge in [0.1, 0.15) is 0 Å². The Labute approximate surface area is 223 Å². The van der Waals surface area contributed by atoms with Gasteiger partial charge in [-0.25, -0.2) is 0 Å². The molecule has 0 unspecified atom stereocenters. The summed E-state index contributed by atoms with van der Waals surface area (Å²) in [5.41, 5.74) is 10.2. The first kappa shape index (κ1) is 24.4. The predicted molar refractivity (Wildman–Crippen MR) is 157 cm³/mol. The van der Waals surface area contributed by atoms with Gasteiger partial charge in [-0.05, 0) is 0 Å². The van der Waals surface area contributed by atoms with E-state index >= 15 is 0 Å². The molecule has 2 aliphatic carbocycles. The number of fused-ring (bicyclic) bond motifs is 3. The predicted octanol–water partition coefficient (Wildman–Crippen LogP) is 9.83. The first-order valence-electron chi connectivity index (χ1n) is 13.8. The van der Waals surface area contributed by atoms with E-state index in [2.05, 4.69) is 138 Å². The van der Waals surface area contributed by atoms with Crippen molar-refractivity contribution in [3.8, 4) is 11.1 Å². The van der Waals surface area contributed by atoms with E-state index in [1.807, 2.05) is 0 Å². The molecule has 0 saturated carbocycles. The van der Waals surface area contributed by atoms with E-state index in [1.54, 1.807) is 6.49 Å². The van der Waals surface area contributed by atoms with Crippen LogP contribution < -0.4 is 0 Å². The van der Waals surface area contributed by atoms with Gasteiger partial charge in [0, 0.05) is 0 Å². The van der Waals surface area contributed by atoms with Crippen LogP contribution in [0.4, 0.5) is 0 Å². The van der Waals surface area contributed by atoms with Gasteiger partial charge in [-0.3, -0.25) is 0 Å². The Morgan fingerprint density at radius 1 is 0.676 bits per heavy atom. The first-order valence-corrected chi connectivity index (χ1v) is 22.6. The Bertz CT molecular complexity index is 1510. The molecule has 0 radical (unpaired) electrons. The number of rotatable bonds is 6. The summed E-state index contributed by atoms with van der Waals surface area (Å²) in [6.07, 6.45) is 8.59. The first-order chi connectivity index (χ1) is 18.0. The van der Waals surface area contributed by atoms with Crippen LogP contribution in [0.3, 0.4) is 0 Å². The third-order valence-electron chi connectivity index (χ3n) is 9.06. The van der Waals surface area contributed by atoms with E-state index in [4.69, 9.17) is 0 Å². The summed E-state index contributed by atoms with van der Waals surface area (Å²) in [6.45, 7) is 2.30. The zero-order valence-corrected chi connectivity index (χ0v) is 24.7. The van der Waals surface area contributed by atoms with E-state index in [0.717, 1.165) is 6.42 Å². The third-order valence-corrected chi connectivity index (χ3v) is 25.8. The van der Waals surface area contributed by atoms with Crippen molar-refractivity contribution in [3.05, 3.63) is 152 Å². The van der Waals surface area contributed by atoms with Gasteiger partial charge >= 0.3 is 224 Å². The molecule has 0 heterocycles. The van der Waals surface area contributed by atoms with E-state index in [0.29, 0.717) is 3.63 Å². The molecule has 37 heavy (non-hydrogen) atoms. The SMILES string of the molecule is CCCC1=CC[C]([Zr]([CH3])([CH3])(=[C](c2ccccc2)c2ccccc2)[CH]2c3ccccc3-c3ccccc32)=C1. The van der Waals surface area contributed by atoms with Crippen LogP contribution in [-0.2, 0) is 18.3 Å². The Kier molecular flexibility index (Phi) is 6.24. The summed E-state index contributed by atoms with van der Waals surface area (Å²) in [5.74, 6) is 0. The number of hydrogen-bond donors (Lipinski definition) is 0. The second kappa shape index (κ2) is 9.45. The van der Waals surface area contributed by atoms with Crippen LogP contribution in [0, 0.1) is 0 Å². The van der Waals surface area contributed by atoms with Gasteiger partial charge in [0.05, 0.1) is 0 Å². The number of hydrogen-bond acceptors (Lipinski definition) is 0. The molecule has 0 nitrogen and oxygen atoms in total. The Balaban J connectivity index is 1.80. The molecule has 0 atom stereocenters. The molecule has 4 aromatic carbocycles. The van der Waals surface area contributed by atoms with Crippen molar-refractivity contribution >= 4 is 3.21 Å². The van der Waals surface area contributed by atoms with Crippen molar-refractivity contribution in [2.45, 2.75) is 39.1 Å². The Morgan fingerprint density at radius 2 is 1.16 bits per heavy atom. The standard InChI is InChI=1S/C13H9.C13H10.C8H11.2CH3.Zr/c1-3-7-12-10(5-1)9-11-6-2-4-8-13(11)12;1-3-7-12(8-4-1)11-13-9-5-2-6-10-13;1-2-5-8-6-3-4-7-8;;;/h1-9H;1-10H;6-7H,2-3,5H2,1H3;2*1H3;. The molecule has 0 N–H and O–H groups in total. The molecular weight excluding hydrogens is 524 g/mol. The quantitative estimate of drug-likeness (QED) is 0.220. The Hall–Kier alpha value is -2.89. The van der Waals surface area contributed by atoms with Crippen LogP contribution in [0.2, 0.25) is 9.26 Å². The fraction of sp³-hybridized carbons (Fsp3) is 0.194. The zero-order chi connectivity index (χ0) is 25.5. The van der Waals surface area contributed by atoms with Crippen LogP contribution in [0.5, 0.6) is 0 Å². The van der Waals surface area contributed by atoms with Gasteiger partial charge in [0.15, 0.2) is 0 Å². The van der Waals surface area contributed by atoms with Crippen molar-refractivity contribution in [1.82, 2.24) is 0 Å². The Morgan fingerprint density at radius 3 is 1.68 bits per heavy atom. The average molecular weight is 560 g/mol. The molecule has 2 aliphatic rings.